The van der Waals surface area contributed by atoms with Gasteiger partial charge >= 0.3 is 0 Å². The van der Waals surface area contributed by atoms with Crippen molar-refractivity contribution in [2.24, 2.45) is 0 Å². The van der Waals surface area contributed by atoms with Crippen LogP contribution in [0.1, 0.15) is 22.3 Å². The van der Waals surface area contributed by atoms with Crippen LogP contribution in [0.3, 0.4) is 0 Å². The van der Waals surface area contributed by atoms with Gasteiger partial charge in [0.1, 0.15) is 11.5 Å². The topological polar surface area (TPSA) is 46.2 Å². The second kappa shape index (κ2) is 10.3. The molecule has 164 valence electrons. The maximum atomic E-state index is 5.51. The summed E-state index contributed by atoms with van der Waals surface area (Å²) in [6.07, 6.45) is 0. The van der Waals surface area contributed by atoms with Gasteiger partial charge in [-0.05, 0) is 65.2 Å². The molecule has 0 aliphatic rings. The van der Waals surface area contributed by atoms with Gasteiger partial charge in [-0.3, -0.25) is 0 Å². The third-order valence-corrected chi connectivity index (χ3v) is 4.99. The van der Waals surface area contributed by atoms with Gasteiger partial charge in [0.25, 0.3) is 0 Å². The van der Waals surface area contributed by atoms with E-state index in [1.165, 1.54) is 0 Å². The van der Waals surface area contributed by atoms with Gasteiger partial charge in [0.05, 0.1) is 41.1 Å². The van der Waals surface area contributed by atoms with Crippen LogP contribution in [0.2, 0.25) is 0 Å². The summed E-state index contributed by atoms with van der Waals surface area (Å²) in [5, 5.41) is 0. The SMILES string of the molecule is C=C(c1ccc(OC)c(C#Cc2ccc(OC)cc2)c1)c1cc(OC)c(OC)c(OC)c1. The molecule has 3 aromatic rings. The molecule has 0 heterocycles. The number of hydrogen-bond donors (Lipinski definition) is 0. The van der Waals surface area contributed by atoms with Crippen LogP contribution in [-0.4, -0.2) is 35.5 Å². The number of rotatable bonds is 7. The second-order valence-corrected chi connectivity index (χ2v) is 6.79. The number of hydrogen-bond acceptors (Lipinski definition) is 5. The minimum absolute atomic E-state index is 0.535. The summed E-state index contributed by atoms with van der Waals surface area (Å²) in [5.41, 5.74) is 4.17. The van der Waals surface area contributed by atoms with Crippen LogP contribution in [0.4, 0.5) is 0 Å². The van der Waals surface area contributed by atoms with E-state index in [4.69, 9.17) is 23.7 Å². The molecule has 0 spiro atoms. The first-order chi connectivity index (χ1) is 15.5. The van der Waals surface area contributed by atoms with E-state index >= 15 is 0 Å². The van der Waals surface area contributed by atoms with Crippen molar-refractivity contribution < 1.29 is 23.7 Å². The predicted octanol–water partition coefficient (Wildman–Crippen LogP) is 5.19. The normalized spacial score (nSPS) is 9.91. The van der Waals surface area contributed by atoms with Crippen LogP contribution >= 0.6 is 0 Å². The average Bonchev–Trinajstić information content (AvgIpc) is 2.86. The summed E-state index contributed by atoms with van der Waals surface area (Å²) >= 11 is 0. The van der Waals surface area contributed by atoms with Crippen molar-refractivity contribution in [3.8, 4) is 40.6 Å². The highest BCUT2D eigenvalue weighted by Crippen LogP contribution is 2.41. The van der Waals surface area contributed by atoms with Gasteiger partial charge in [-0.2, -0.15) is 0 Å². The van der Waals surface area contributed by atoms with Gasteiger partial charge in [-0.15, -0.1) is 0 Å². The molecule has 0 aliphatic heterocycles. The Morgan fingerprint density at radius 3 is 1.78 bits per heavy atom. The molecule has 0 unspecified atom stereocenters. The molecule has 0 saturated heterocycles. The van der Waals surface area contributed by atoms with Crippen LogP contribution in [-0.2, 0) is 0 Å². The third kappa shape index (κ3) is 4.81. The largest absolute Gasteiger partial charge is 0.497 e. The fraction of sp³-hybridized carbons (Fsp3) is 0.185. The molecule has 0 aliphatic carbocycles. The van der Waals surface area contributed by atoms with Gasteiger partial charge in [0.15, 0.2) is 11.5 Å². The maximum Gasteiger partial charge on any atom is 0.203 e. The monoisotopic (exact) mass is 430 g/mol. The van der Waals surface area contributed by atoms with Crippen molar-refractivity contribution in [1.29, 1.82) is 0 Å². The van der Waals surface area contributed by atoms with Crippen molar-refractivity contribution in [2.75, 3.05) is 35.5 Å². The quantitative estimate of drug-likeness (QED) is 0.483. The lowest BCUT2D eigenvalue weighted by atomic mass is 9.96. The Kier molecular flexibility index (Phi) is 7.30. The summed E-state index contributed by atoms with van der Waals surface area (Å²) in [5.74, 6) is 9.52. The van der Waals surface area contributed by atoms with E-state index in [1.54, 1.807) is 35.5 Å². The van der Waals surface area contributed by atoms with Crippen molar-refractivity contribution in [2.45, 2.75) is 0 Å². The highest BCUT2D eigenvalue weighted by Gasteiger charge is 2.16. The van der Waals surface area contributed by atoms with Crippen molar-refractivity contribution >= 4 is 5.57 Å². The van der Waals surface area contributed by atoms with E-state index in [0.717, 1.165) is 33.6 Å². The first kappa shape index (κ1) is 22.6. The lowest BCUT2D eigenvalue weighted by Crippen LogP contribution is -1.98. The highest BCUT2D eigenvalue weighted by molar-refractivity contribution is 5.81. The second-order valence-electron chi connectivity index (χ2n) is 6.79. The van der Waals surface area contributed by atoms with E-state index in [0.29, 0.717) is 23.0 Å². The van der Waals surface area contributed by atoms with Gasteiger partial charge in [-0.1, -0.05) is 24.5 Å². The Morgan fingerprint density at radius 1 is 0.625 bits per heavy atom. The molecule has 3 aromatic carbocycles. The average molecular weight is 431 g/mol. The Bertz CT molecular complexity index is 1140. The number of ether oxygens (including phenoxy) is 5. The van der Waals surface area contributed by atoms with Crippen LogP contribution in [0.5, 0.6) is 28.7 Å². The summed E-state index contributed by atoms with van der Waals surface area (Å²) < 4.78 is 27.1. The Hall–Kier alpha value is -4.04. The first-order valence-electron chi connectivity index (χ1n) is 9.88. The van der Waals surface area contributed by atoms with Gasteiger partial charge in [0, 0.05) is 5.56 Å². The van der Waals surface area contributed by atoms with E-state index < -0.39 is 0 Å². The van der Waals surface area contributed by atoms with Crippen LogP contribution in [0.15, 0.2) is 61.2 Å². The third-order valence-electron chi connectivity index (χ3n) is 4.99. The molecule has 3 rings (SSSR count). The summed E-state index contributed by atoms with van der Waals surface area (Å²) in [7, 11) is 8.01. The number of benzene rings is 3. The molecule has 32 heavy (non-hydrogen) atoms. The standard InChI is InChI=1S/C27H26O5/c1-18(22-16-25(30-4)27(32-6)26(17-22)31-5)20-11-14-24(29-3)21(15-20)10-7-19-8-12-23(28-2)13-9-19/h8-9,11-17H,1H2,2-6H3. The molecule has 0 amide bonds. The van der Waals surface area contributed by atoms with E-state index in [9.17, 15) is 0 Å². The van der Waals surface area contributed by atoms with Crippen LogP contribution < -0.4 is 23.7 Å². The minimum Gasteiger partial charge on any atom is -0.497 e. The molecule has 0 radical (unpaired) electrons. The summed E-state index contributed by atoms with van der Waals surface area (Å²) in [4.78, 5) is 0. The molecule has 5 nitrogen and oxygen atoms in total. The first-order valence-corrected chi connectivity index (χ1v) is 9.88. The van der Waals surface area contributed by atoms with Crippen LogP contribution in [0.25, 0.3) is 5.57 Å². The Labute approximate surface area is 189 Å². The molecule has 0 atom stereocenters. The molecular weight excluding hydrogens is 404 g/mol. The molecule has 0 N–H and O–H groups in total. The van der Waals surface area contributed by atoms with Crippen LogP contribution in [0, 0.1) is 11.8 Å². The van der Waals surface area contributed by atoms with E-state index in [-0.39, 0.29) is 0 Å². The zero-order chi connectivity index (χ0) is 23.1. The van der Waals surface area contributed by atoms with Gasteiger partial charge in [0.2, 0.25) is 5.75 Å². The minimum atomic E-state index is 0.535. The molecule has 0 saturated carbocycles. The lowest BCUT2D eigenvalue weighted by Gasteiger charge is -2.16. The van der Waals surface area contributed by atoms with Crippen molar-refractivity contribution in [3.63, 3.8) is 0 Å². The summed E-state index contributed by atoms with van der Waals surface area (Å²) in [6.45, 7) is 4.28. The fourth-order valence-electron chi connectivity index (χ4n) is 3.23. The zero-order valence-electron chi connectivity index (χ0n) is 18.9. The Balaban J connectivity index is 1.99. The van der Waals surface area contributed by atoms with E-state index in [2.05, 4.69) is 18.4 Å². The number of methoxy groups -OCH3 is 5. The van der Waals surface area contributed by atoms with Gasteiger partial charge < -0.3 is 23.7 Å². The highest BCUT2D eigenvalue weighted by atomic mass is 16.5. The molecule has 0 bridgehead atoms. The fourth-order valence-corrected chi connectivity index (χ4v) is 3.23. The smallest absolute Gasteiger partial charge is 0.203 e. The maximum absolute atomic E-state index is 5.51. The zero-order valence-corrected chi connectivity index (χ0v) is 18.9. The van der Waals surface area contributed by atoms with Gasteiger partial charge in [-0.25, -0.2) is 0 Å². The van der Waals surface area contributed by atoms with Crippen molar-refractivity contribution in [3.05, 3.63) is 83.4 Å². The Morgan fingerprint density at radius 2 is 1.25 bits per heavy atom. The lowest BCUT2D eigenvalue weighted by molar-refractivity contribution is 0.324. The molecular formula is C27H26O5. The van der Waals surface area contributed by atoms with Crippen molar-refractivity contribution in [1.82, 2.24) is 0 Å². The molecule has 0 aromatic heterocycles. The molecule has 0 fully saturated rings. The molecule has 5 heteroatoms. The summed E-state index contributed by atoms with van der Waals surface area (Å²) in [6, 6.07) is 17.1. The predicted molar refractivity (Wildman–Crippen MR) is 126 cm³/mol. The van der Waals surface area contributed by atoms with E-state index in [1.807, 2.05) is 54.6 Å².